The molecule has 0 aromatic carbocycles. The fraction of sp³-hybridized carbons (Fsp3) is 0.867. The maximum absolute atomic E-state index is 12.8. The molecule has 33 heavy (non-hydrogen) atoms. The van der Waals surface area contributed by atoms with Crippen molar-refractivity contribution in [2.75, 3.05) is 0 Å². The largest absolute Gasteiger partial charge is 0.481 e. The smallest absolute Gasteiger partial charge is 0.303 e. The van der Waals surface area contributed by atoms with Crippen molar-refractivity contribution in [2.45, 2.75) is 118 Å². The first-order valence-corrected chi connectivity index (χ1v) is 14.1. The van der Waals surface area contributed by atoms with Gasteiger partial charge in [0.2, 0.25) is 0 Å². The first-order chi connectivity index (χ1) is 15.6. The summed E-state index contributed by atoms with van der Waals surface area (Å²) in [5.41, 5.74) is 2.88. The van der Waals surface area contributed by atoms with E-state index in [1.54, 1.807) is 0 Å². The minimum Gasteiger partial charge on any atom is -0.481 e. The van der Waals surface area contributed by atoms with E-state index in [1.807, 2.05) is 0 Å². The molecule has 0 aromatic heterocycles. The number of carbonyl (C=O) groups is 2. The molecule has 3 nitrogen and oxygen atoms in total. The standard InChI is InChI=1S/C30H48O3/c1-19(2)7-6-8-20(3)23-12-13-24-21-9-11-25-22(10-14-28(32)33)27(31)16-18-30(25,5)26(21)15-17-29(23,24)4/h19-21,23-24,26H,6-18H2,1-5H3,(H,32,33)/t20-,21+,23-,24+,26+,29-,30+/m1/s1. The van der Waals surface area contributed by atoms with Gasteiger partial charge in [0.05, 0.1) is 0 Å². The Morgan fingerprint density at radius 1 is 1.00 bits per heavy atom. The molecule has 0 heterocycles. The van der Waals surface area contributed by atoms with Crippen molar-refractivity contribution in [3.05, 3.63) is 11.1 Å². The lowest BCUT2D eigenvalue weighted by molar-refractivity contribution is -0.137. The van der Waals surface area contributed by atoms with Crippen molar-refractivity contribution in [1.82, 2.24) is 0 Å². The van der Waals surface area contributed by atoms with E-state index in [4.69, 9.17) is 0 Å². The highest BCUT2D eigenvalue weighted by molar-refractivity contribution is 5.97. The quantitative estimate of drug-likeness (QED) is 0.405. The van der Waals surface area contributed by atoms with Crippen molar-refractivity contribution in [3.8, 4) is 0 Å². The van der Waals surface area contributed by atoms with E-state index in [9.17, 15) is 14.7 Å². The van der Waals surface area contributed by atoms with Crippen LogP contribution in [0.3, 0.4) is 0 Å². The van der Waals surface area contributed by atoms with Gasteiger partial charge in [0.1, 0.15) is 0 Å². The molecular formula is C30H48O3. The summed E-state index contributed by atoms with van der Waals surface area (Å²) in [6.45, 7) is 12.3. The van der Waals surface area contributed by atoms with Gasteiger partial charge < -0.3 is 5.11 Å². The van der Waals surface area contributed by atoms with Crippen LogP contribution in [0, 0.1) is 46.3 Å². The van der Waals surface area contributed by atoms with Gasteiger partial charge in [0, 0.05) is 12.8 Å². The second kappa shape index (κ2) is 9.50. The molecule has 0 amide bonds. The predicted molar refractivity (Wildman–Crippen MR) is 134 cm³/mol. The molecule has 1 N–H and O–H groups in total. The number of hydrogen-bond acceptors (Lipinski definition) is 2. The third kappa shape index (κ3) is 4.47. The topological polar surface area (TPSA) is 54.4 Å². The van der Waals surface area contributed by atoms with Crippen LogP contribution in [0.25, 0.3) is 0 Å². The highest BCUT2D eigenvalue weighted by atomic mass is 16.4. The van der Waals surface area contributed by atoms with Crippen LogP contribution in [0.4, 0.5) is 0 Å². The van der Waals surface area contributed by atoms with Crippen LogP contribution < -0.4 is 0 Å². The van der Waals surface area contributed by atoms with Gasteiger partial charge in [0.25, 0.3) is 0 Å². The van der Waals surface area contributed by atoms with Gasteiger partial charge in [-0.3, -0.25) is 9.59 Å². The van der Waals surface area contributed by atoms with E-state index >= 15 is 0 Å². The van der Waals surface area contributed by atoms with Gasteiger partial charge in [0.15, 0.2) is 5.78 Å². The van der Waals surface area contributed by atoms with Gasteiger partial charge >= 0.3 is 5.97 Å². The molecule has 4 aliphatic rings. The Morgan fingerprint density at radius 2 is 1.76 bits per heavy atom. The molecule has 0 unspecified atom stereocenters. The van der Waals surface area contributed by atoms with Crippen LogP contribution in [-0.4, -0.2) is 16.9 Å². The van der Waals surface area contributed by atoms with Crippen molar-refractivity contribution >= 4 is 11.8 Å². The van der Waals surface area contributed by atoms with Crippen LogP contribution in [0.5, 0.6) is 0 Å². The predicted octanol–water partition coefficient (Wildman–Crippen LogP) is 7.83. The molecule has 3 heteroatoms. The minimum absolute atomic E-state index is 0.0891. The molecule has 0 saturated heterocycles. The zero-order valence-electron chi connectivity index (χ0n) is 21.9. The summed E-state index contributed by atoms with van der Waals surface area (Å²) in [6, 6.07) is 0. The Hall–Kier alpha value is -1.12. The normalized spacial score (nSPS) is 39.3. The number of carboxylic acids is 1. The summed E-state index contributed by atoms with van der Waals surface area (Å²) >= 11 is 0. The fourth-order valence-corrected chi connectivity index (χ4v) is 9.37. The third-order valence-corrected chi connectivity index (χ3v) is 11.0. The first-order valence-electron chi connectivity index (χ1n) is 14.1. The molecular weight excluding hydrogens is 408 g/mol. The van der Waals surface area contributed by atoms with Crippen molar-refractivity contribution < 1.29 is 14.7 Å². The monoisotopic (exact) mass is 456 g/mol. The van der Waals surface area contributed by atoms with Crippen LogP contribution in [0.1, 0.15) is 118 Å². The highest BCUT2D eigenvalue weighted by Gasteiger charge is 2.59. The van der Waals surface area contributed by atoms with E-state index in [0.29, 0.717) is 24.2 Å². The van der Waals surface area contributed by atoms with Gasteiger partial charge in [-0.05, 0) is 103 Å². The van der Waals surface area contributed by atoms with E-state index in [1.165, 1.54) is 56.9 Å². The zero-order valence-corrected chi connectivity index (χ0v) is 21.9. The Morgan fingerprint density at radius 3 is 2.45 bits per heavy atom. The number of aliphatic carboxylic acids is 1. The Kier molecular flexibility index (Phi) is 7.19. The lowest BCUT2D eigenvalue weighted by Crippen LogP contribution is -2.51. The van der Waals surface area contributed by atoms with Crippen molar-refractivity contribution in [2.24, 2.45) is 46.3 Å². The molecule has 0 bridgehead atoms. The lowest BCUT2D eigenvalue weighted by Gasteiger charge is -2.59. The van der Waals surface area contributed by atoms with Gasteiger partial charge in [-0.1, -0.05) is 59.5 Å². The van der Waals surface area contributed by atoms with Gasteiger partial charge in [-0.2, -0.15) is 0 Å². The summed E-state index contributed by atoms with van der Waals surface area (Å²) in [5.74, 6) is 4.28. The average Bonchev–Trinajstić information content (AvgIpc) is 3.10. The molecule has 0 aromatic rings. The molecule has 0 radical (unpaired) electrons. The molecule has 3 fully saturated rings. The molecule has 4 aliphatic carbocycles. The number of carboxylic acid groups (broad SMARTS) is 1. The second-order valence-electron chi connectivity index (χ2n) is 13.1. The lowest BCUT2D eigenvalue weighted by atomic mass is 9.46. The van der Waals surface area contributed by atoms with Crippen LogP contribution in [0.15, 0.2) is 11.1 Å². The number of rotatable bonds is 8. The summed E-state index contributed by atoms with van der Waals surface area (Å²) in [7, 11) is 0. The third-order valence-electron chi connectivity index (χ3n) is 11.0. The Labute approximate surface area is 202 Å². The molecule has 0 aliphatic heterocycles. The number of Topliss-reactive ketones (excluding diaryl/α,β-unsaturated/α-hetero) is 1. The van der Waals surface area contributed by atoms with Crippen molar-refractivity contribution in [3.63, 3.8) is 0 Å². The molecule has 4 rings (SSSR count). The van der Waals surface area contributed by atoms with Crippen LogP contribution in [0.2, 0.25) is 0 Å². The minimum atomic E-state index is -0.787. The molecule has 7 atom stereocenters. The number of ketones is 1. The summed E-state index contributed by atoms with van der Waals surface area (Å²) in [5, 5.41) is 9.23. The molecule has 186 valence electrons. The van der Waals surface area contributed by atoms with Gasteiger partial charge in [-0.25, -0.2) is 0 Å². The molecule has 3 saturated carbocycles. The highest BCUT2D eigenvalue weighted by Crippen LogP contribution is 2.68. The Balaban J connectivity index is 1.53. The first kappa shape index (κ1) is 25.0. The number of hydrogen-bond donors (Lipinski definition) is 1. The summed E-state index contributed by atoms with van der Waals surface area (Å²) in [4.78, 5) is 24.0. The maximum atomic E-state index is 12.8. The summed E-state index contributed by atoms with van der Waals surface area (Å²) < 4.78 is 0. The summed E-state index contributed by atoms with van der Waals surface area (Å²) in [6.07, 6.45) is 14.0. The fourth-order valence-electron chi connectivity index (χ4n) is 9.37. The number of carbonyl (C=O) groups excluding carboxylic acids is 1. The maximum Gasteiger partial charge on any atom is 0.303 e. The number of fused-ring (bicyclic) bond motifs is 5. The molecule has 0 spiro atoms. The zero-order chi connectivity index (χ0) is 24.0. The van der Waals surface area contributed by atoms with Crippen LogP contribution >= 0.6 is 0 Å². The van der Waals surface area contributed by atoms with Crippen molar-refractivity contribution in [1.29, 1.82) is 0 Å². The van der Waals surface area contributed by atoms with E-state index in [-0.39, 0.29) is 17.6 Å². The van der Waals surface area contributed by atoms with E-state index < -0.39 is 5.97 Å². The van der Waals surface area contributed by atoms with E-state index in [0.717, 1.165) is 48.0 Å². The number of allylic oxidation sites excluding steroid dienone is 1. The SMILES string of the molecule is CC(C)CCC[C@@H](C)[C@H]1CC[C@H]2[C@@H]3CCC4=C(CCC(=O)O)C(=O)CC[C@]4(C)[C@H]3CC[C@]12C. The average molecular weight is 457 g/mol. The second-order valence-corrected chi connectivity index (χ2v) is 13.1. The Bertz CT molecular complexity index is 794. The van der Waals surface area contributed by atoms with Gasteiger partial charge in [-0.15, -0.1) is 0 Å². The van der Waals surface area contributed by atoms with Crippen LogP contribution in [-0.2, 0) is 9.59 Å². The van der Waals surface area contributed by atoms with E-state index in [2.05, 4.69) is 34.6 Å².